The lowest BCUT2D eigenvalue weighted by molar-refractivity contribution is -0.157. The number of epoxide rings is 1. The van der Waals surface area contributed by atoms with Crippen LogP contribution in [0.15, 0.2) is 36.0 Å². The number of esters is 2. The van der Waals surface area contributed by atoms with Gasteiger partial charge in [-0.2, -0.15) is 16.8 Å². The van der Waals surface area contributed by atoms with Crippen molar-refractivity contribution < 1.29 is 54.1 Å². The second-order valence-electron chi connectivity index (χ2n) is 13.0. The first-order valence-electron chi connectivity index (χ1n) is 15.7. The van der Waals surface area contributed by atoms with Crippen LogP contribution in [0.2, 0.25) is 0 Å². The summed E-state index contributed by atoms with van der Waals surface area (Å²) in [6.45, 7) is 12.2. The van der Waals surface area contributed by atoms with E-state index in [2.05, 4.69) is 0 Å². The molecule has 1 saturated heterocycles. The van der Waals surface area contributed by atoms with Gasteiger partial charge in [-0.05, 0) is 57.1 Å². The van der Waals surface area contributed by atoms with Crippen molar-refractivity contribution in [1.29, 1.82) is 0 Å². The maximum atomic E-state index is 13.0. The zero-order valence-corrected chi connectivity index (χ0v) is 30.0. The van der Waals surface area contributed by atoms with Crippen molar-refractivity contribution in [2.24, 2.45) is 17.8 Å². The third-order valence-electron chi connectivity index (χ3n) is 8.19. The third-order valence-corrected chi connectivity index (χ3v) is 9.41. The van der Waals surface area contributed by atoms with Gasteiger partial charge in [0.15, 0.2) is 0 Å². The van der Waals surface area contributed by atoms with Crippen LogP contribution in [-0.4, -0.2) is 88.6 Å². The van der Waals surface area contributed by atoms with Gasteiger partial charge in [-0.25, -0.2) is 0 Å². The molecular weight excluding hydrogens is 640 g/mol. The normalized spacial score (nSPS) is 32.8. The topological polar surface area (TPSA) is 172 Å². The van der Waals surface area contributed by atoms with Gasteiger partial charge in [0, 0.05) is 18.8 Å². The number of carbonyl (C=O) groups excluding carboxylic acids is 2. The van der Waals surface area contributed by atoms with Gasteiger partial charge in [-0.1, -0.05) is 52.0 Å². The molecule has 264 valence electrons. The quantitative estimate of drug-likeness (QED) is 0.0969. The molecule has 2 heterocycles. The van der Waals surface area contributed by atoms with Crippen LogP contribution in [0.1, 0.15) is 80.6 Å². The Morgan fingerprint density at radius 2 is 1.80 bits per heavy atom. The van der Waals surface area contributed by atoms with E-state index in [4.69, 9.17) is 22.6 Å². The van der Waals surface area contributed by atoms with E-state index in [1.807, 2.05) is 52.8 Å². The summed E-state index contributed by atoms with van der Waals surface area (Å²) in [6, 6.07) is 0. The molecule has 1 fully saturated rings. The Hall–Kier alpha value is -2.10. The molecule has 0 aromatic heterocycles. The van der Waals surface area contributed by atoms with Gasteiger partial charge in [0.1, 0.15) is 17.8 Å². The Morgan fingerprint density at radius 1 is 1.15 bits per heavy atom. The summed E-state index contributed by atoms with van der Waals surface area (Å²) in [5, 5.41) is 11.2. The number of rotatable bonds is 13. The molecule has 2 aliphatic rings. The first kappa shape index (κ1) is 40.1. The van der Waals surface area contributed by atoms with Crippen LogP contribution in [0, 0.1) is 17.8 Å². The maximum Gasteiger partial charge on any atom is 0.309 e. The molecule has 2 rings (SSSR count). The van der Waals surface area contributed by atoms with Gasteiger partial charge in [0.2, 0.25) is 0 Å². The zero-order valence-electron chi connectivity index (χ0n) is 28.4. The average Bonchev–Trinajstić information content (AvgIpc) is 3.67. The van der Waals surface area contributed by atoms with Gasteiger partial charge in [-0.15, -0.1) is 0 Å². The van der Waals surface area contributed by atoms with E-state index in [0.29, 0.717) is 12.0 Å². The van der Waals surface area contributed by atoms with Crippen LogP contribution in [0.25, 0.3) is 0 Å². The van der Waals surface area contributed by atoms with Crippen molar-refractivity contribution >= 4 is 32.2 Å². The Kier molecular flexibility index (Phi) is 14.7. The largest absolute Gasteiger partial charge is 0.457 e. The predicted molar refractivity (Wildman–Crippen MR) is 172 cm³/mol. The number of hydrogen-bond donors (Lipinski definition) is 1. The van der Waals surface area contributed by atoms with Crippen LogP contribution in [0.4, 0.5) is 0 Å². The first-order chi connectivity index (χ1) is 21.1. The summed E-state index contributed by atoms with van der Waals surface area (Å²) in [7, 11) is -7.49. The standard InChI is InChI=1S/C32H52O12S2/c1-10-26(44-46(9,38)39)23(5)31-27(41-31)18-20(2)12-11-13-21(3)30-22(4)14-15-28(40-24(6)33)32(7,35)17-16-25(19-29(34)42-30)43-45(8,36)37/h11-15,20,22-23,25-28,30-31,35H,10,16-19H2,1-9H3/b12-11+,15-14+,21-13+. The van der Waals surface area contributed by atoms with E-state index < -0.39 is 68.1 Å². The Bertz CT molecular complexity index is 1350. The molecule has 0 aliphatic carbocycles. The van der Waals surface area contributed by atoms with Gasteiger partial charge in [0.05, 0.1) is 43.3 Å². The summed E-state index contributed by atoms with van der Waals surface area (Å²) < 4.78 is 74.5. The summed E-state index contributed by atoms with van der Waals surface area (Å²) in [4.78, 5) is 24.8. The molecule has 0 radical (unpaired) electrons. The van der Waals surface area contributed by atoms with E-state index in [1.54, 1.807) is 12.2 Å². The fourth-order valence-electron chi connectivity index (χ4n) is 5.66. The molecule has 12 nitrogen and oxygen atoms in total. The Balaban J connectivity index is 2.20. The number of cyclic esters (lactones) is 1. The fraction of sp³-hybridized carbons (Fsp3) is 0.750. The van der Waals surface area contributed by atoms with E-state index in [0.717, 1.165) is 18.9 Å². The van der Waals surface area contributed by atoms with Gasteiger partial charge < -0.3 is 19.3 Å². The highest BCUT2D eigenvalue weighted by Gasteiger charge is 2.46. The SMILES string of the molecule is CCC(OS(C)(=O)=O)C(C)C1OC1CC(C)/C=C/C=C(\C)C1OC(=O)CC(OS(C)(=O)=O)CCC(C)(O)C(OC(C)=O)/C=C/C1C. The van der Waals surface area contributed by atoms with Crippen molar-refractivity contribution in [3.05, 3.63) is 36.0 Å². The van der Waals surface area contributed by atoms with Crippen molar-refractivity contribution in [1.82, 2.24) is 0 Å². The molecular formula is C32H52O12S2. The highest BCUT2D eigenvalue weighted by molar-refractivity contribution is 7.86. The summed E-state index contributed by atoms with van der Waals surface area (Å²) in [5.74, 6) is -1.62. The predicted octanol–water partition coefficient (Wildman–Crippen LogP) is 3.99. The second kappa shape index (κ2) is 16.8. The summed E-state index contributed by atoms with van der Waals surface area (Å²) in [6.07, 6.45) is 8.38. The van der Waals surface area contributed by atoms with Gasteiger partial charge in [0.25, 0.3) is 20.2 Å². The molecule has 10 atom stereocenters. The third kappa shape index (κ3) is 13.9. The van der Waals surface area contributed by atoms with Crippen LogP contribution in [0.5, 0.6) is 0 Å². The van der Waals surface area contributed by atoms with E-state index in [-0.39, 0.29) is 43.3 Å². The lowest BCUT2D eigenvalue weighted by Gasteiger charge is -2.33. The highest BCUT2D eigenvalue weighted by Crippen LogP contribution is 2.37. The molecule has 2 aliphatic heterocycles. The number of aliphatic hydroxyl groups is 1. The lowest BCUT2D eigenvalue weighted by Crippen LogP contribution is -2.42. The molecule has 0 bridgehead atoms. The minimum absolute atomic E-state index is 0.00931. The van der Waals surface area contributed by atoms with E-state index in [1.165, 1.54) is 13.8 Å². The fourth-order valence-corrected chi connectivity index (χ4v) is 7.07. The lowest BCUT2D eigenvalue weighted by atomic mass is 9.88. The smallest absolute Gasteiger partial charge is 0.309 e. The number of hydrogen-bond acceptors (Lipinski definition) is 12. The van der Waals surface area contributed by atoms with Crippen LogP contribution < -0.4 is 0 Å². The molecule has 0 amide bonds. The first-order valence-corrected chi connectivity index (χ1v) is 19.3. The van der Waals surface area contributed by atoms with E-state index in [9.17, 15) is 31.5 Å². The molecule has 0 spiro atoms. The minimum atomic E-state index is -3.92. The van der Waals surface area contributed by atoms with Crippen molar-refractivity contribution in [2.45, 2.75) is 123 Å². The molecule has 14 heteroatoms. The minimum Gasteiger partial charge on any atom is -0.457 e. The Morgan fingerprint density at radius 3 is 2.37 bits per heavy atom. The number of carbonyl (C=O) groups is 2. The van der Waals surface area contributed by atoms with E-state index >= 15 is 0 Å². The van der Waals surface area contributed by atoms with Crippen LogP contribution in [0.3, 0.4) is 0 Å². The highest BCUT2D eigenvalue weighted by atomic mass is 32.2. The summed E-state index contributed by atoms with van der Waals surface area (Å²) >= 11 is 0. The monoisotopic (exact) mass is 692 g/mol. The van der Waals surface area contributed by atoms with Crippen molar-refractivity contribution in [3.8, 4) is 0 Å². The number of ether oxygens (including phenoxy) is 3. The van der Waals surface area contributed by atoms with Crippen molar-refractivity contribution in [2.75, 3.05) is 12.5 Å². The van der Waals surface area contributed by atoms with Crippen molar-refractivity contribution in [3.63, 3.8) is 0 Å². The Labute approximate surface area is 274 Å². The van der Waals surface area contributed by atoms with Crippen LogP contribution >= 0.6 is 0 Å². The molecule has 0 aromatic carbocycles. The maximum absolute atomic E-state index is 13.0. The summed E-state index contributed by atoms with van der Waals surface area (Å²) in [5.41, 5.74) is -0.857. The molecule has 0 saturated carbocycles. The molecule has 0 aromatic rings. The van der Waals surface area contributed by atoms with Crippen LogP contribution in [-0.2, 0) is 52.4 Å². The second-order valence-corrected chi connectivity index (χ2v) is 16.2. The molecule has 10 unspecified atom stereocenters. The zero-order chi connectivity index (χ0) is 35.0. The molecule has 46 heavy (non-hydrogen) atoms. The van der Waals surface area contributed by atoms with Gasteiger partial charge >= 0.3 is 11.9 Å². The average molecular weight is 693 g/mol. The molecule has 1 N–H and O–H groups in total. The number of allylic oxidation sites excluding steroid dienone is 3. The van der Waals surface area contributed by atoms with Gasteiger partial charge in [-0.3, -0.25) is 18.0 Å².